The number of hydrogen-bond acceptors (Lipinski definition) is 6. The lowest BCUT2D eigenvalue weighted by molar-refractivity contribution is 0.311. The van der Waals surface area contributed by atoms with Gasteiger partial charge in [-0.05, 0) is 57.0 Å². The minimum Gasteiger partial charge on any atom is -0.337 e. The van der Waals surface area contributed by atoms with Crippen molar-refractivity contribution in [2.75, 3.05) is 0 Å². The van der Waals surface area contributed by atoms with Crippen molar-refractivity contribution in [3.8, 4) is 11.4 Å². The second kappa shape index (κ2) is 8.60. The normalized spacial score (nSPS) is 13.3. The highest BCUT2D eigenvalue weighted by Gasteiger charge is 2.29. The van der Waals surface area contributed by atoms with Gasteiger partial charge in [0, 0.05) is 11.6 Å². The van der Waals surface area contributed by atoms with Crippen LogP contribution in [0.15, 0.2) is 56.7 Å². The molecule has 0 radical (unpaired) electrons. The molecule has 0 amide bonds. The predicted molar refractivity (Wildman–Crippen MR) is 125 cm³/mol. The summed E-state index contributed by atoms with van der Waals surface area (Å²) in [4.78, 5) is 19.7. The third-order valence-electron chi connectivity index (χ3n) is 5.48. The molecule has 0 aliphatic carbocycles. The van der Waals surface area contributed by atoms with Crippen molar-refractivity contribution in [3.05, 3.63) is 64.4 Å². The quantitative estimate of drug-likeness (QED) is 0.423. The van der Waals surface area contributed by atoms with Crippen LogP contribution in [-0.2, 0) is 10.0 Å². The molecule has 0 spiro atoms. The smallest absolute Gasteiger partial charge is 0.326 e. The number of aromatic nitrogens is 4. The third kappa shape index (κ3) is 4.49. The second-order valence-corrected chi connectivity index (χ2v) is 10.5. The first kappa shape index (κ1) is 22.9. The molecule has 0 saturated heterocycles. The first-order valence-corrected chi connectivity index (χ1v) is 12.2. The molecule has 2 aromatic heterocycles. The molecule has 33 heavy (non-hydrogen) atoms. The highest BCUT2D eigenvalue weighted by atomic mass is 32.2. The molecule has 2 N–H and O–H groups in total. The van der Waals surface area contributed by atoms with Crippen molar-refractivity contribution in [1.29, 1.82) is 0 Å². The van der Waals surface area contributed by atoms with Crippen LogP contribution in [0.2, 0.25) is 0 Å². The van der Waals surface area contributed by atoms with E-state index in [1.165, 1.54) is 0 Å². The molecule has 0 fully saturated rings. The maximum atomic E-state index is 12.9. The maximum absolute atomic E-state index is 12.9. The van der Waals surface area contributed by atoms with E-state index in [-0.39, 0.29) is 28.4 Å². The molecule has 4 rings (SSSR count). The van der Waals surface area contributed by atoms with Gasteiger partial charge in [0.15, 0.2) is 0 Å². The molecule has 9 nitrogen and oxygen atoms in total. The van der Waals surface area contributed by atoms with Gasteiger partial charge in [-0.1, -0.05) is 36.7 Å². The Kier molecular flexibility index (Phi) is 5.98. The molecule has 2 aromatic carbocycles. The Morgan fingerprint density at radius 1 is 1.06 bits per heavy atom. The van der Waals surface area contributed by atoms with Crippen LogP contribution in [0.25, 0.3) is 22.4 Å². The number of aromatic amines is 1. The van der Waals surface area contributed by atoms with Crippen molar-refractivity contribution in [2.24, 2.45) is 5.92 Å². The van der Waals surface area contributed by atoms with E-state index in [9.17, 15) is 13.2 Å². The molecular weight excluding hydrogens is 442 g/mol. The van der Waals surface area contributed by atoms with Crippen LogP contribution in [0.5, 0.6) is 0 Å². The molecule has 0 bridgehead atoms. The monoisotopic (exact) mass is 469 g/mol. The minimum absolute atomic E-state index is 0.0160. The van der Waals surface area contributed by atoms with Gasteiger partial charge in [0.2, 0.25) is 21.7 Å². The number of aryl methyl sites for hydroxylation is 1. The maximum Gasteiger partial charge on any atom is 0.326 e. The SMILES string of the molecule is Cc1ccc(S(=O)(=O)NC(c2nc(-c3ccc4c(c3)[nH]c(=O)n4C(C)C)no2)C(C)C)cc1. The lowest BCUT2D eigenvalue weighted by Gasteiger charge is -2.18. The first-order valence-electron chi connectivity index (χ1n) is 10.7. The average molecular weight is 470 g/mol. The fourth-order valence-electron chi connectivity index (χ4n) is 3.69. The Morgan fingerprint density at radius 3 is 2.39 bits per heavy atom. The van der Waals surface area contributed by atoms with Gasteiger partial charge >= 0.3 is 5.69 Å². The topological polar surface area (TPSA) is 123 Å². The highest BCUT2D eigenvalue weighted by molar-refractivity contribution is 7.89. The van der Waals surface area contributed by atoms with E-state index >= 15 is 0 Å². The molecule has 1 unspecified atom stereocenters. The summed E-state index contributed by atoms with van der Waals surface area (Å²) in [7, 11) is -3.78. The number of rotatable bonds is 7. The standard InChI is InChI=1S/C23H27N5O4S/c1-13(2)20(27-33(30,31)17-9-6-15(5)7-10-17)22-25-21(26-32-22)16-8-11-19-18(12-16)24-23(29)28(19)14(3)4/h6-14,20,27H,1-5H3,(H,24,29). The molecule has 174 valence electrons. The number of hydrogen-bond donors (Lipinski definition) is 2. The fraction of sp³-hybridized carbons (Fsp3) is 0.348. The lowest BCUT2D eigenvalue weighted by atomic mass is 10.1. The number of fused-ring (bicyclic) bond motifs is 1. The summed E-state index contributed by atoms with van der Waals surface area (Å²) in [6.07, 6.45) is 0. The molecule has 10 heteroatoms. The van der Waals surface area contributed by atoms with Crippen molar-refractivity contribution in [3.63, 3.8) is 0 Å². The summed E-state index contributed by atoms with van der Waals surface area (Å²) >= 11 is 0. The zero-order valence-corrected chi connectivity index (χ0v) is 20.0. The second-order valence-electron chi connectivity index (χ2n) is 8.74. The van der Waals surface area contributed by atoms with Gasteiger partial charge in [-0.3, -0.25) is 4.57 Å². The van der Waals surface area contributed by atoms with Gasteiger partial charge in [-0.25, -0.2) is 13.2 Å². The Hall–Kier alpha value is -3.24. The summed E-state index contributed by atoms with van der Waals surface area (Å²) in [5, 5.41) is 4.06. The number of imidazole rings is 1. The van der Waals surface area contributed by atoms with E-state index in [0.717, 1.165) is 11.1 Å². The van der Waals surface area contributed by atoms with Crippen molar-refractivity contribution in [1.82, 2.24) is 24.4 Å². The van der Waals surface area contributed by atoms with E-state index in [0.29, 0.717) is 16.9 Å². The summed E-state index contributed by atoms with van der Waals surface area (Å²) in [5.74, 6) is 0.340. The number of sulfonamides is 1. The molecule has 2 heterocycles. The summed E-state index contributed by atoms with van der Waals surface area (Å²) < 4.78 is 35.6. The molecule has 0 aliphatic heterocycles. The number of nitrogens with zero attached hydrogens (tertiary/aromatic N) is 3. The van der Waals surface area contributed by atoms with Crippen LogP contribution < -0.4 is 10.4 Å². The van der Waals surface area contributed by atoms with Crippen LogP contribution >= 0.6 is 0 Å². The van der Waals surface area contributed by atoms with Gasteiger partial charge in [-0.2, -0.15) is 9.71 Å². The van der Waals surface area contributed by atoms with Crippen molar-refractivity contribution >= 4 is 21.1 Å². The summed E-state index contributed by atoms with van der Waals surface area (Å²) in [6.45, 7) is 9.52. The average Bonchev–Trinajstić information content (AvgIpc) is 3.35. The van der Waals surface area contributed by atoms with Crippen molar-refractivity contribution < 1.29 is 12.9 Å². The Morgan fingerprint density at radius 2 is 1.76 bits per heavy atom. The van der Waals surface area contributed by atoms with Crippen LogP contribution in [0.4, 0.5) is 0 Å². The van der Waals surface area contributed by atoms with Crippen LogP contribution in [0.3, 0.4) is 0 Å². The Balaban J connectivity index is 1.65. The summed E-state index contributed by atoms with van der Waals surface area (Å²) in [5.41, 5.74) is 2.89. The molecule has 0 saturated carbocycles. The van der Waals surface area contributed by atoms with E-state index in [1.807, 2.05) is 46.8 Å². The number of H-pyrrole nitrogens is 1. The van der Waals surface area contributed by atoms with Gasteiger partial charge in [-0.15, -0.1) is 0 Å². The van der Waals surface area contributed by atoms with E-state index in [1.54, 1.807) is 34.9 Å². The van der Waals surface area contributed by atoms with Crippen LogP contribution in [-0.4, -0.2) is 28.1 Å². The molecule has 1 atom stereocenters. The minimum atomic E-state index is -3.78. The van der Waals surface area contributed by atoms with E-state index in [4.69, 9.17) is 4.52 Å². The summed E-state index contributed by atoms with van der Waals surface area (Å²) in [6, 6.07) is 11.4. The third-order valence-corrected chi connectivity index (χ3v) is 6.94. The Labute approximate surface area is 191 Å². The highest BCUT2D eigenvalue weighted by Crippen LogP contribution is 2.27. The number of nitrogens with one attached hydrogen (secondary N) is 2. The fourth-order valence-corrected chi connectivity index (χ4v) is 5.02. The molecule has 4 aromatic rings. The van der Waals surface area contributed by atoms with Gasteiger partial charge in [0.1, 0.15) is 6.04 Å². The van der Waals surface area contributed by atoms with Gasteiger partial charge in [0.25, 0.3) is 0 Å². The van der Waals surface area contributed by atoms with E-state index < -0.39 is 16.1 Å². The molecular formula is C23H27N5O4S. The zero-order chi connectivity index (χ0) is 23.9. The van der Waals surface area contributed by atoms with E-state index in [2.05, 4.69) is 19.8 Å². The number of benzene rings is 2. The Bertz CT molecular complexity index is 1450. The largest absolute Gasteiger partial charge is 0.337 e. The van der Waals surface area contributed by atoms with Gasteiger partial charge < -0.3 is 9.51 Å². The van der Waals surface area contributed by atoms with Crippen molar-refractivity contribution in [2.45, 2.75) is 51.6 Å². The van der Waals surface area contributed by atoms with Gasteiger partial charge in [0.05, 0.1) is 15.9 Å². The molecule has 0 aliphatic rings. The zero-order valence-electron chi connectivity index (χ0n) is 19.2. The van der Waals surface area contributed by atoms with Crippen LogP contribution in [0.1, 0.15) is 51.2 Å². The first-order chi connectivity index (χ1) is 15.6. The van der Waals surface area contributed by atoms with Crippen LogP contribution in [0, 0.1) is 12.8 Å². The lowest BCUT2D eigenvalue weighted by Crippen LogP contribution is -2.32. The predicted octanol–water partition coefficient (Wildman–Crippen LogP) is 3.94.